The topological polar surface area (TPSA) is 67.6 Å². The molecule has 0 aliphatic heterocycles. The summed E-state index contributed by atoms with van der Waals surface area (Å²) < 4.78 is 1.97. The molecule has 0 spiro atoms. The van der Waals surface area contributed by atoms with Crippen molar-refractivity contribution in [2.24, 2.45) is 5.73 Å². The van der Waals surface area contributed by atoms with E-state index in [1.54, 1.807) is 6.07 Å². The van der Waals surface area contributed by atoms with Crippen LogP contribution < -0.4 is 5.73 Å². The Labute approximate surface area is 158 Å². The van der Waals surface area contributed by atoms with Gasteiger partial charge in [0, 0.05) is 17.0 Å². The van der Waals surface area contributed by atoms with E-state index in [1.165, 1.54) is 0 Å². The molecule has 26 heavy (non-hydrogen) atoms. The molecule has 2 aromatic carbocycles. The number of nitrogens with zero attached hydrogens (tertiary/aromatic N) is 3. The molecule has 0 saturated carbocycles. The predicted octanol–water partition coefficient (Wildman–Crippen LogP) is 4.67. The van der Waals surface area contributed by atoms with Gasteiger partial charge in [0.15, 0.2) is 0 Å². The summed E-state index contributed by atoms with van der Waals surface area (Å²) in [5.74, 6) is 0. The van der Waals surface area contributed by atoms with Gasteiger partial charge < -0.3 is 5.73 Å². The lowest BCUT2D eigenvalue weighted by atomic mass is 10.0. The van der Waals surface area contributed by atoms with Crippen molar-refractivity contribution in [2.75, 3.05) is 0 Å². The smallest absolute Gasteiger partial charge is 0.101 e. The second-order valence-electron chi connectivity index (χ2n) is 6.23. The van der Waals surface area contributed by atoms with Gasteiger partial charge in [-0.15, -0.1) is 0 Å². The third kappa shape index (κ3) is 3.35. The van der Waals surface area contributed by atoms with Gasteiger partial charge in [-0.3, -0.25) is 4.68 Å². The standard InChI is InChI=1S/C21H19ClN4/c1-13(24)17-6-4-16(5-7-17)12-26-15(3)21(14(2)25-26)18-8-9-20(22)19(10-18)11-23/h4-10H,1,12,24H2,2-3H3. The average molecular weight is 363 g/mol. The number of aryl methyl sites for hydroxylation is 1. The SMILES string of the molecule is C=C(N)c1ccc(Cn2nc(C)c(-c3ccc(Cl)c(C#N)c3)c2C)cc1. The molecule has 0 aliphatic carbocycles. The molecule has 130 valence electrons. The van der Waals surface area contributed by atoms with Gasteiger partial charge in [-0.2, -0.15) is 10.4 Å². The Kier molecular flexibility index (Phi) is 4.83. The molecule has 0 unspecified atom stereocenters. The van der Waals surface area contributed by atoms with Gasteiger partial charge in [-0.05, 0) is 42.7 Å². The van der Waals surface area contributed by atoms with Gasteiger partial charge >= 0.3 is 0 Å². The van der Waals surface area contributed by atoms with Crippen LogP contribution >= 0.6 is 11.6 Å². The van der Waals surface area contributed by atoms with E-state index >= 15 is 0 Å². The number of aromatic nitrogens is 2. The summed E-state index contributed by atoms with van der Waals surface area (Å²) in [6, 6.07) is 15.6. The Hall–Kier alpha value is -3.03. The number of hydrogen-bond acceptors (Lipinski definition) is 3. The van der Waals surface area contributed by atoms with Crippen molar-refractivity contribution in [1.29, 1.82) is 5.26 Å². The Bertz CT molecular complexity index is 1020. The van der Waals surface area contributed by atoms with Crippen molar-refractivity contribution < 1.29 is 0 Å². The molecule has 1 heterocycles. The van der Waals surface area contributed by atoms with Crippen LogP contribution in [0.15, 0.2) is 49.0 Å². The van der Waals surface area contributed by atoms with E-state index in [1.807, 2.05) is 54.9 Å². The fourth-order valence-electron chi connectivity index (χ4n) is 3.03. The molecule has 0 atom stereocenters. The minimum absolute atomic E-state index is 0.459. The fraction of sp³-hybridized carbons (Fsp3) is 0.143. The lowest BCUT2D eigenvalue weighted by Gasteiger charge is -2.08. The average Bonchev–Trinajstić information content (AvgIpc) is 2.89. The largest absolute Gasteiger partial charge is 0.399 e. The Balaban J connectivity index is 1.96. The molecule has 0 saturated heterocycles. The summed E-state index contributed by atoms with van der Waals surface area (Å²) in [4.78, 5) is 0. The van der Waals surface area contributed by atoms with E-state index in [9.17, 15) is 5.26 Å². The first-order chi connectivity index (χ1) is 12.4. The van der Waals surface area contributed by atoms with E-state index in [4.69, 9.17) is 17.3 Å². The Morgan fingerprint density at radius 3 is 2.54 bits per heavy atom. The highest BCUT2D eigenvalue weighted by Gasteiger charge is 2.15. The summed E-state index contributed by atoms with van der Waals surface area (Å²) >= 11 is 6.05. The van der Waals surface area contributed by atoms with E-state index in [0.29, 0.717) is 22.8 Å². The first-order valence-corrected chi connectivity index (χ1v) is 8.56. The van der Waals surface area contributed by atoms with Gasteiger partial charge in [0.1, 0.15) is 6.07 Å². The normalized spacial score (nSPS) is 10.5. The van der Waals surface area contributed by atoms with Crippen molar-refractivity contribution in [3.8, 4) is 17.2 Å². The van der Waals surface area contributed by atoms with E-state index < -0.39 is 0 Å². The minimum Gasteiger partial charge on any atom is -0.399 e. The molecule has 3 rings (SSSR count). The van der Waals surface area contributed by atoms with Crippen LogP contribution in [0, 0.1) is 25.2 Å². The molecular weight excluding hydrogens is 344 g/mol. The molecule has 0 amide bonds. The number of hydrogen-bond donors (Lipinski definition) is 1. The quantitative estimate of drug-likeness (QED) is 0.733. The fourth-order valence-corrected chi connectivity index (χ4v) is 3.19. The number of nitriles is 1. The van der Waals surface area contributed by atoms with Crippen LogP contribution in [0.25, 0.3) is 16.8 Å². The molecule has 5 heteroatoms. The van der Waals surface area contributed by atoms with Crippen LogP contribution in [-0.2, 0) is 6.54 Å². The summed E-state index contributed by atoms with van der Waals surface area (Å²) in [5, 5.41) is 14.4. The molecule has 3 aromatic rings. The highest BCUT2D eigenvalue weighted by atomic mass is 35.5. The summed E-state index contributed by atoms with van der Waals surface area (Å²) in [6.07, 6.45) is 0. The van der Waals surface area contributed by atoms with Crippen molar-refractivity contribution in [2.45, 2.75) is 20.4 Å². The second kappa shape index (κ2) is 7.07. The maximum atomic E-state index is 9.22. The Morgan fingerprint density at radius 2 is 1.92 bits per heavy atom. The number of benzene rings is 2. The maximum absolute atomic E-state index is 9.22. The minimum atomic E-state index is 0.459. The number of halogens is 1. The van der Waals surface area contributed by atoms with Crippen LogP contribution in [0.2, 0.25) is 5.02 Å². The molecular formula is C21H19ClN4. The zero-order valence-electron chi connectivity index (χ0n) is 14.8. The van der Waals surface area contributed by atoms with Crippen LogP contribution in [0.4, 0.5) is 0 Å². The third-order valence-electron chi connectivity index (χ3n) is 4.41. The zero-order chi connectivity index (χ0) is 18.8. The summed E-state index contributed by atoms with van der Waals surface area (Å²) in [6.45, 7) is 8.41. The molecule has 2 N–H and O–H groups in total. The van der Waals surface area contributed by atoms with Crippen LogP contribution in [0.1, 0.15) is 28.1 Å². The van der Waals surface area contributed by atoms with Crippen LogP contribution in [0.3, 0.4) is 0 Å². The van der Waals surface area contributed by atoms with E-state index in [-0.39, 0.29) is 0 Å². The zero-order valence-corrected chi connectivity index (χ0v) is 15.5. The number of nitrogens with two attached hydrogens (primary N) is 1. The summed E-state index contributed by atoms with van der Waals surface area (Å²) in [5.41, 5.74) is 12.7. The van der Waals surface area contributed by atoms with Crippen molar-refractivity contribution in [3.05, 3.63) is 82.1 Å². The van der Waals surface area contributed by atoms with Gasteiger partial charge in [-0.25, -0.2) is 0 Å². The second-order valence-corrected chi connectivity index (χ2v) is 6.64. The van der Waals surface area contributed by atoms with E-state index in [2.05, 4.69) is 17.7 Å². The maximum Gasteiger partial charge on any atom is 0.101 e. The van der Waals surface area contributed by atoms with E-state index in [0.717, 1.165) is 33.6 Å². The number of rotatable bonds is 4. The van der Waals surface area contributed by atoms with Gasteiger partial charge in [-0.1, -0.05) is 48.5 Å². The molecule has 1 aromatic heterocycles. The van der Waals surface area contributed by atoms with Crippen molar-refractivity contribution >= 4 is 17.3 Å². The molecule has 0 radical (unpaired) electrons. The monoisotopic (exact) mass is 362 g/mol. The lowest BCUT2D eigenvalue weighted by Crippen LogP contribution is -2.04. The van der Waals surface area contributed by atoms with Gasteiger partial charge in [0.25, 0.3) is 0 Å². The highest BCUT2D eigenvalue weighted by molar-refractivity contribution is 6.31. The predicted molar refractivity (Wildman–Crippen MR) is 106 cm³/mol. The van der Waals surface area contributed by atoms with Crippen molar-refractivity contribution in [1.82, 2.24) is 9.78 Å². The van der Waals surface area contributed by atoms with Crippen LogP contribution in [0.5, 0.6) is 0 Å². The highest BCUT2D eigenvalue weighted by Crippen LogP contribution is 2.30. The first-order valence-electron chi connectivity index (χ1n) is 8.18. The summed E-state index contributed by atoms with van der Waals surface area (Å²) in [7, 11) is 0. The van der Waals surface area contributed by atoms with Gasteiger partial charge in [0.05, 0.1) is 22.8 Å². The lowest BCUT2D eigenvalue weighted by molar-refractivity contribution is 0.659. The van der Waals surface area contributed by atoms with Crippen molar-refractivity contribution in [3.63, 3.8) is 0 Å². The molecule has 0 aliphatic rings. The molecule has 4 nitrogen and oxygen atoms in total. The molecule has 0 bridgehead atoms. The molecule has 0 fully saturated rings. The Morgan fingerprint density at radius 1 is 1.23 bits per heavy atom. The first kappa shape index (κ1) is 17.8. The van der Waals surface area contributed by atoms with Gasteiger partial charge in [0.2, 0.25) is 0 Å². The third-order valence-corrected chi connectivity index (χ3v) is 4.74. The van der Waals surface area contributed by atoms with Crippen LogP contribution in [-0.4, -0.2) is 9.78 Å².